The van der Waals surface area contributed by atoms with Crippen molar-refractivity contribution < 1.29 is 4.79 Å². The van der Waals surface area contributed by atoms with E-state index in [1.54, 1.807) is 0 Å². The van der Waals surface area contributed by atoms with E-state index in [4.69, 9.17) is 0 Å². The lowest BCUT2D eigenvalue weighted by atomic mass is 10.1. The Balaban J connectivity index is 1.95. The minimum atomic E-state index is 0.0914. The third-order valence-corrected chi connectivity index (χ3v) is 3.91. The maximum atomic E-state index is 12.0. The molecule has 0 bridgehead atoms. The normalized spacial score (nSPS) is 18.3. The number of nitrogens with zero attached hydrogens (tertiary/aromatic N) is 1. The monoisotopic (exact) mass is 275 g/mol. The van der Waals surface area contributed by atoms with Crippen molar-refractivity contribution in [2.75, 3.05) is 23.8 Å². The predicted octanol–water partition coefficient (Wildman–Crippen LogP) is 2.61. The van der Waals surface area contributed by atoms with Gasteiger partial charge in [-0.15, -0.1) is 0 Å². The van der Waals surface area contributed by atoms with Crippen LogP contribution in [0.25, 0.3) is 0 Å². The molecule has 1 aliphatic heterocycles. The molecule has 0 saturated carbocycles. The highest BCUT2D eigenvalue weighted by Gasteiger charge is 2.17. The van der Waals surface area contributed by atoms with Gasteiger partial charge in [0, 0.05) is 36.9 Å². The van der Waals surface area contributed by atoms with E-state index in [-0.39, 0.29) is 5.91 Å². The molecule has 1 saturated heterocycles. The van der Waals surface area contributed by atoms with Crippen LogP contribution in [0, 0.1) is 0 Å². The minimum absolute atomic E-state index is 0.0914. The molecule has 1 heterocycles. The predicted molar refractivity (Wildman–Crippen MR) is 84.3 cm³/mol. The summed E-state index contributed by atoms with van der Waals surface area (Å²) in [6, 6.07) is 8.80. The van der Waals surface area contributed by atoms with Crippen LogP contribution >= 0.6 is 0 Å². The van der Waals surface area contributed by atoms with Crippen LogP contribution in [0.2, 0.25) is 0 Å². The van der Waals surface area contributed by atoms with Gasteiger partial charge in [0.2, 0.25) is 5.91 Å². The SMILES string of the molecule is CC(C)N(C)c1cccc(NC(=O)CC2CCCN2)c1. The summed E-state index contributed by atoms with van der Waals surface area (Å²) in [7, 11) is 2.06. The Labute approximate surface area is 121 Å². The van der Waals surface area contributed by atoms with Crippen LogP contribution in [-0.2, 0) is 4.79 Å². The Kier molecular flexibility index (Phi) is 5.01. The molecular formula is C16H25N3O. The highest BCUT2D eigenvalue weighted by atomic mass is 16.1. The van der Waals surface area contributed by atoms with Gasteiger partial charge in [-0.1, -0.05) is 6.07 Å². The van der Waals surface area contributed by atoms with Crippen LogP contribution in [0.5, 0.6) is 0 Å². The number of amides is 1. The van der Waals surface area contributed by atoms with Gasteiger partial charge in [0.25, 0.3) is 0 Å². The summed E-state index contributed by atoms with van der Waals surface area (Å²) in [6.07, 6.45) is 2.83. The molecule has 1 atom stereocenters. The molecule has 1 aliphatic rings. The first-order valence-corrected chi connectivity index (χ1v) is 7.42. The van der Waals surface area contributed by atoms with Crippen molar-refractivity contribution in [3.63, 3.8) is 0 Å². The van der Waals surface area contributed by atoms with Gasteiger partial charge >= 0.3 is 0 Å². The molecule has 0 spiro atoms. The summed E-state index contributed by atoms with van der Waals surface area (Å²) in [5.74, 6) is 0.0914. The topological polar surface area (TPSA) is 44.4 Å². The van der Waals surface area contributed by atoms with Crippen LogP contribution < -0.4 is 15.5 Å². The van der Waals surface area contributed by atoms with Crippen LogP contribution in [0.1, 0.15) is 33.1 Å². The standard InChI is InChI=1S/C16H25N3O/c1-12(2)19(3)15-8-4-6-14(10-15)18-16(20)11-13-7-5-9-17-13/h4,6,8,10,12-13,17H,5,7,9,11H2,1-3H3,(H,18,20). The molecule has 1 amide bonds. The number of anilines is 2. The molecule has 0 radical (unpaired) electrons. The van der Waals surface area contributed by atoms with E-state index in [0.29, 0.717) is 18.5 Å². The number of hydrogen-bond acceptors (Lipinski definition) is 3. The number of carbonyl (C=O) groups excluding carboxylic acids is 1. The zero-order valence-corrected chi connectivity index (χ0v) is 12.6. The summed E-state index contributed by atoms with van der Waals surface area (Å²) in [6.45, 7) is 5.33. The molecule has 1 aromatic carbocycles. The molecular weight excluding hydrogens is 250 g/mol. The second-order valence-electron chi connectivity index (χ2n) is 5.80. The Bertz CT molecular complexity index is 453. The fourth-order valence-corrected chi connectivity index (χ4v) is 2.47. The Morgan fingerprint density at radius 2 is 2.30 bits per heavy atom. The fraction of sp³-hybridized carbons (Fsp3) is 0.562. The summed E-state index contributed by atoms with van der Waals surface area (Å²) in [5.41, 5.74) is 2.00. The van der Waals surface area contributed by atoms with Crippen molar-refractivity contribution in [2.24, 2.45) is 0 Å². The number of carbonyl (C=O) groups is 1. The van der Waals surface area contributed by atoms with Gasteiger partial charge in [0.05, 0.1) is 0 Å². The van der Waals surface area contributed by atoms with Gasteiger partial charge in [-0.3, -0.25) is 4.79 Å². The van der Waals surface area contributed by atoms with Crippen LogP contribution in [0.3, 0.4) is 0 Å². The zero-order chi connectivity index (χ0) is 14.5. The first kappa shape index (κ1) is 14.9. The van der Waals surface area contributed by atoms with Crippen LogP contribution in [-0.4, -0.2) is 31.6 Å². The average Bonchev–Trinajstić information content (AvgIpc) is 2.90. The number of rotatable bonds is 5. The second kappa shape index (κ2) is 6.75. The molecule has 2 rings (SSSR count). The van der Waals surface area contributed by atoms with Crippen molar-refractivity contribution in [2.45, 2.75) is 45.2 Å². The molecule has 1 aromatic rings. The van der Waals surface area contributed by atoms with Crippen LogP contribution in [0.15, 0.2) is 24.3 Å². The number of hydrogen-bond donors (Lipinski definition) is 2. The molecule has 4 heteroatoms. The van der Waals surface area contributed by atoms with Crippen molar-refractivity contribution in [3.05, 3.63) is 24.3 Å². The lowest BCUT2D eigenvalue weighted by molar-refractivity contribution is -0.116. The summed E-state index contributed by atoms with van der Waals surface area (Å²) in [5, 5.41) is 6.35. The molecule has 0 aromatic heterocycles. The summed E-state index contributed by atoms with van der Waals surface area (Å²) in [4.78, 5) is 14.2. The average molecular weight is 275 g/mol. The summed E-state index contributed by atoms with van der Waals surface area (Å²) >= 11 is 0. The number of benzene rings is 1. The van der Waals surface area contributed by atoms with Crippen molar-refractivity contribution in [1.29, 1.82) is 0 Å². The minimum Gasteiger partial charge on any atom is -0.372 e. The van der Waals surface area contributed by atoms with E-state index in [1.807, 2.05) is 18.2 Å². The third-order valence-electron chi connectivity index (χ3n) is 3.91. The van der Waals surface area contributed by atoms with E-state index < -0.39 is 0 Å². The van der Waals surface area contributed by atoms with Gasteiger partial charge in [-0.05, 0) is 51.4 Å². The maximum absolute atomic E-state index is 12.0. The molecule has 0 aliphatic carbocycles. The summed E-state index contributed by atoms with van der Waals surface area (Å²) < 4.78 is 0. The fourth-order valence-electron chi connectivity index (χ4n) is 2.47. The Hall–Kier alpha value is -1.55. The smallest absolute Gasteiger partial charge is 0.225 e. The Morgan fingerprint density at radius 3 is 2.95 bits per heavy atom. The van der Waals surface area contributed by atoms with E-state index in [0.717, 1.165) is 24.3 Å². The van der Waals surface area contributed by atoms with Crippen LogP contribution in [0.4, 0.5) is 11.4 Å². The first-order chi connectivity index (χ1) is 9.56. The molecule has 1 unspecified atom stereocenters. The van der Waals surface area contributed by atoms with Gasteiger partial charge < -0.3 is 15.5 Å². The second-order valence-corrected chi connectivity index (χ2v) is 5.80. The van der Waals surface area contributed by atoms with E-state index in [1.165, 1.54) is 6.42 Å². The highest BCUT2D eigenvalue weighted by Crippen LogP contribution is 2.20. The number of nitrogens with one attached hydrogen (secondary N) is 2. The van der Waals surface area contributed by atoms with Gasteiger partial charge in [-0.25, -0.2) is 0 Å². The lowest BCUT2D eigenvalue weighted by Gasteiger charge is -2.24. The van der Waals surface area contributed by atoms with Gasteiger partial charge in [0.15, 0.2) is 0 Å². The molecule has 110 valence electrons. The van der Waals surface area contributed by atoms with Crippen molar-refractivity contribution in [1.82, 2.24) is 5.32 Å². The van der Waals surface area contributed by atoms with E-state index in [2.05, 4.69) is 42.5 Å². The first-order valence-electron chi connectivity index (χ1n) is 7.42. The third kappa shape index (κ3) is 3.97. The van der Waals surface area contributed by atoms with Gasteiger partial charge in [0.1, 0.15) is 0 Å². The van der Waals surface area contributed by atoms with Gasteiger partial charge in [-0.2, -0.15) is 0 Å². The highest BCUT2D eigenvalue weighted by molar-refractivity contribution is 5.91. The van der Waals surface area contributed by atoms with E-state index >= 15 is 0 Å². The largest absolute Gasteiger partial charge is 0.372 e. The van der Waals surface area contributed by atoms with E-state index in [9.17, 15) is 4.79 Å². The molecule has 2 N–H and O–H groups in total. The molecule has 20 heavy (non-hydrogen) atoms. The molecule has 1 fully saturated rings. The lowest BCUT2D eigenvalue weighted by Crippen LogP contribution is -2.28. The Morgan fingerprint density at radius 1 is 1.50 bits per heavy atom. The van der Waals surface area contributed by atoms with Crippen molar-refractivity contribution >= 4 is 17.3 Å². The zero-order valence-electron chi connectivity index (χ0n) is 12.6. The van der Waals surface area contributed by atoms with Crippen molar-refractivity contribution in [3.8, 4) is 0 Å². The maximum Gasteiger partial charge on any atom is 0.225 e. The quantitative estimate of drug-likeness (QED) is 0.868. The molecule has 4 nitrogen and oxygen atoms in total.